The molecule has 3 nitrogen and oxygen atoms in total. The van der Waals surface area contributed by atoms with Gasteiger partial charge in [0.05, 0.1) is 11.1 Å². The number of aryl methyl sites for hydroxylation is 1. The van der Waals surface area contributed by atoms with Crippen molar-refractivity contribution in [1.29, 1.82) is 0 Å². The molecule has 0 spiro atoms. The van der Waals surface area contributed by atoms with Crippen molar-refractivity contribution in [2.75, 3.05) is 6.61 Å². The van der Waals surface area contributed by atoms with Crippen LogP contribution in [0.4, 0.5) is 0 Å². The lowest BCUT2D eigenvalue weighted by Crippen LogP contribution is -2.13. The number of nitrogens with one attached hydrogen (secondary N) is 1. The fourth-order valence-electron chi connectivity index (χ4n) is 2.95. The topological polar surface area (TPSA) is 30.5 Å². The summed E-state index contributed by atoms with van der Waals surface area (Å²) in [5, 5.41) is 4.18. The van der Waals surface area contributed by atoms with Crippen molar-refractivity contribution in [1.82, 2.24) is 5.32 Å². The number of rotatable bonds is 9. The van der Waals surface area contributed by atoms with Crippen LogP contribution in [-0.2, 0) is 19.7 Å². The highest BCUT2D eigenvalue weighted by Crippen LogP contribution is 2.37. The van der Waals surface area contributed by atoms with Crippen molar-refractivity contribution < 1.29 is 9.47 Å². The minimum Gasteiger partial charge on any atom is -0.490 e. The van der Waals surface area contributed by atoms with Gasteiger partial charge in [0, 0.05) is 23.7 Å². The summed E-state index contributed by atoms with van der Waals surface area (Å²) in [4.78, 5) is 0. The average molecular weight is 475 g/mol. The monoisotopic (exact) mass is 473 g/mol. The molecule has 0 saturated carbocycles. The minimum atomic E-state index is 0.378. The van der Waals surface area contributed by atoms with E-state index >= 15 is 0 Å². The van der Waals surface area contributed by atoms with Crippen LogP contribution in [-0.4, -0.2) is 6.61 Å². The Kier molecular flexibility index (Phi) is 7.99. The van der Waals surface area contributed by atoms with Crippen LogP contribution >= 0.6 is 27.5 Å². The molecule has 0 saturated heterocycles. The summed E-state index contributed by atoms with van der Waals surface area (Å²) in [5.74, 6) is 1.41. The van der Waals surface area contributed by atoms with E-state index in [1.54, 1.807) is 0 Å². The first-order chi connectivity index (χ1) is 14.1. The lowest BCUT2D eigenvalue weighted by molar-refractivity contribution is 0.267. The van der Waals surface area contributed by atoms with E-state index in [1.165, 1.54) is 11.1 Å². The summed E-state index contributed by atoms with van der Waals surface area (Å²) in [6.45, 7) is 6.55. The molecule has 0 heterocycles. The molecule has 0 radical (unpaired) electrons. The Morgan fingerprint density at radius 1 is 0.931 bits per heavy atom. The van der Waals surface area contributed by atoms with Crippen molar-refractivity contribution in [3.8, 4) is 11.5 Å². The lowest BCUT2D eigenvalue weighted by Gasteiger charge is -2.16. The second-order valence-electron chi connectivity index (χ2n) is 6.81. The summed E-state index contributed by atoms with van der Waals surface area (Å²) in [6.07, 6.45) is 0. The molecule has 0 aliphatic heterocycles. The second kappa shape index (κ2) is 10.7. The fraction of sp³-hybridized carbons (Fsp3) is 0.250. The van der Waals surface area contributed by atoms with Crippen molar-refractivity contribution >= 4 is 27.5 Å². The molecule has 3 rings (SSSR count). The maximum atomic E-state index is 6.24. The largest absolute Gasteiger partial charge is 0.490 e. The van der Waals surface area contributed by atoms with E-state index in [1.807, 2.05) is 37.3 Å². The molecule has 1 N–H and O–H groups in total. The van der Waals surface area contributed by atoms with Crippen molar-refractivity contribution in [2.45, 2.75) is 33.5 Å². The van der Waals surface area contributed by atoms with E-state index < -0.39 is 0 Å². The SMILES string of the molecule is CCOc1cc(CNCc2ccc(C)cc2)cc(Br)c1OCc1ccccc1Cl. The summed E-state index contributed by atoms with van der Waals surface area (Å²) in [6, 6.07) is 20.3. The zero-order valence-corrected chi connectivity index (χ0v) is 19.0. The summed E-state index contributed by atoms with van der Waals surface area (Å²) in [7, 11) is 0. The zero-order chi connectivity index (χ0) is 20.6. The second-order valence-corrected chi connectivity index (χ2v) is 8.07. The van der Waals surface area contributed by atoms with Gasteiger partial charge in [-0.1, -0.05) is 59.6 Å². The molecule has 0 amide bonds. The van der Waals surface area contributed by atoms with Gasteiger partial charge in [0.2, 0.25) is 0 Å². The Balaban J connectivity index is 1.68. The van der Waals surface area contributed by atoms with Gasteiger partial charge >= 0.3 is 0 Å². The van der Waals surface area contributed by atoms with Crippen LogP contribution < -0.4 is 14.8 Å². The smallest absolute Gasteiger partial charge is 0.175 e. The van der Waals surface area contributed by atoms with Crippen molar-refractivity contribution in [3.63, 3.8) is 0 Å². The van der Waals surface area contributed by atoms with E-state index in [2.05, 4.69) is 58.5 Å². The first-order valence-corrected chi connectivity index (χ1v) is 10.8. The average Bonchev–Trinajstić information content (AvgIpc) is 2.70. The Morgan fingerprint density at radius 2 is 1.66 bits per heavy atom. The molecule has 152 valence electrons. The molecular weight excluding hydrogens is 450 g/mol. The van der Waals surface area contributed by atoms with Crippen LogP contribution in [0.1, 0.15) is 29.2 Å². The quantitative estimate of drug-likeness (QED) is 0.375. The highest BCUT2D eigenvalue weighted by Gasteiger charge is 2.13. The molecule has 0 aromatic heterocycles. The van der Waals surface area contributed by atoms with Gasteiger partial charge in [-0.25, -0.2) is 0 Å². The predicted octanol–water partition coefficient (Wildman–Crippen LogP) is 6.68. The van der Waals surface area contributed by atoms with Gasteiger partial charge in [-0.2, -0.15) is 0 Å². The van der Waals surface area contributed by atoms with Gasteiger partial charge in [0.15, 0.2) is 11.5 Å². The third-order valence-corrected chi connectivity index (χ3v) is 5.44. The molecule has 29 heavy (non-hydrogen) atoms. The molecule has 0 unspecified atom stereocenters. The van der Waals surface area contributed by atoms with Gasteiger partial charge in [0.25, 0.3) is 0 Å². The summed E-state index contributed by atoms with van der Waals surface area (Å²) >= 11 is 9.88. The lowest BCUT2D eigenvalue weighted by atomic mass is 10.1. The van der Waals surface area contributed by atoms with E-state index in [0.29, 0.717) is 24.0 Å². The van der Waals surface area contributed by atoms with E-state index in [-0.39, 0.29) is 0 Å². The maximum Gasteiger partial charge on any atom is 0.175 e. The van der Waals surface area contributed by atoms with Gasteiger partial charge in [-0.15, -0.1) is 0 Å². The van der Waals surface area contributed by atoms with Gasteiger partial charge < -0.3 is 14.8 Å². The molecule has 0 aliphatic carbocycles. The Morgan fingerprint density at radius 3 is 2.38 bits per heavy atom. The first-order valence-electron chi connectivity index (χ1n) is 9.64. The summed E-state index contributed by atoms with van der Waals surface area (Å²) in [5.41, 5.74) is 4.59. The first kappa shape index (κ1) is 21.7. The standard InChI is InChI=1S/C24H25BrClNO2/c1-3-28-23-13-19(15-27-14-18-10-8-17(2)9-11-18)12-21(25)24(23)29-16-20-6-4-5-7-22(20)26/h4-13,27H,3,14-16H2,1-2H3. The zero-order valence-electron chi connectivity index (χ0n) is 16.7. The van der Waals surface area contributed by atoms with Crippen LogP contribution in [0.25, 0.3) is 0 Å². The number of hydrogen-bond acceptors (Lipinski definition) is 3. The maximum absolute atomic E-state index is 6.24. The minimum absolute atomic E-state index is 0.378. The van der Waals surface area contributed by atoms with Crippen LogP contribution in [0.5, 0.6) is 11.5 Å². The highest BCUT2D eigenvalue weighted by atomic mass is 79.9. The normalized spacial score (nSPS) is 10.8. The molecule has 5 heteroatoms. The highest BCUT2D eigenvalue weighted by molar-refractivity contribution is 9.10. The Labute approximate surface area is 186 Å². The molecule has 0 fully saturated rings. The number of benzene rings is 3. The van der Waals surface area contributed by atoms with E-state index in [9.17, 15) is 0 Å². The molecule has 0 bridgehead atoms. The number of ether oxygens (including phenoxy) is 2. The number of halogens is 2. The fourth-order valence-corrected chi connectivity index (χ4v) is 3.74. The van der Waals surface area contributed by atoms with Crippen LogP contribution in [0.2, 0.25) is 5.02 Å². The molecular formula is C24H25BrClNO2. The van der Waals surface area contributed by atoms with Crippen molar-refractivity contribution in [2.24, 2.45) is 0 Å². The molecule has 0 atom stereocenters. The summed E-state index contributed by atoms with van der Waals surface area (Å²) < 4.78 is 12.8. The van der Waals surface area contributed by atoms with Crippen LogP contribution in [0.3, 0.4) is 0 Å². The van der Waals surface area contributed by atoms with Gasteiger partial charge in [-0.3, -0.25) is 0 Å². The van der Waals surface area contributed by atoms with E-state index in [4.69, 9.17) is 21.1 Å². The van der Waals surface area contributed by atoms with Crippen LogP contribution in [0, 0.1) is 6.92 Å². The van der Waals surface area contributed by atoms with Gasteiger partial charge in [0.1, 0.15) is 6.61 Å². The Hall–Kier alpha value is -2.01. The Bertz CT molecular complexity index is 944. The van der Waals surface area contributed by atoms with E-state index in [0.717, 1.165) is 34.4 Å². The third-order valence-electron chi connectivity index (χ3n) is 4.48. The van der Waals surface area contributed by atoms with Gasteiger partial charge in [-0.05, 0) is 59.1 Å². The molecule has 0 aliphatic rings. The third kappa shape index (κ3) is 6.23. The van der Waals surface area contributed by atoms with Crippen LogP contribution in [0.15, 0.2) is 65.1 Å². The van der Waals surface area contributed by atoms with Crippen molar-refractivity contribution in [3.05, 3.63) is 92.4 Å². The predicted molar refractivity (Wildman–Crippen MR) is 123 cm³/mol. The number of hydrogen-bond donors (Lipinski definition) is 1. The molecule has 3 aromatic rings. The molecule has 3 aromatic carbocycles.